The Morgan fingerprint density at radius 3 is 2.72 bits per heavy atom. The minimum Gasteiger partial charge on any atom is -0.477 e. The molecule has 1 fully saturated rings. The number of hydrogen-bond acceptors (Lipinski definition) is 9. The monoisotopic (exact) mass is 510 g/mol. The van der Waals surface area contributed by atoms with Crippen LogP contribution in [0.2, 0.25) is 0 Å². The molecule has 3 heterocycles. The van der Waals surface area contributed by atoms with Gasteiger partial charge in [-0.25, -0.2) is 4.79 Å². The summed E-state index contributed by atoms with van der Waals surface area (Å²) in [6.45, 7) is 1.72. The van der Waals surface area contributed by atoms with Gasteiger partial charge >= 0.3 is 5.97 Å². The van der Waals surface area contributed by atoms with Crippen molar-refractivity contribution in [1.82, 2.24) is 20.4 Å². The number of aromatic nitrogens is 2. The van der Waals surface area contributed by atoms with E-state index >= 15 is 0 Å². The molecule has 2 unspecified atom stereocenters. The van der Waals surface area contributed by atoms with E-state index in [-0.39, 0.29) is 15.8 Å². The standard InChI is InChI=1S/C19H18N4O5S4/c1-10-21-22-19(31-10)32(28)9-13(24)20-14-16(25)23-15(18(26)27)11(8-30-17(14)23)7-29-12-5-3-2-4-6-12/h2-6,14,17H,7-9H2,1H3,(H,20,24)(H,26,27)/t14?,17-,32?/m0/s1. The van der Waals surface area contributed by atoms with Gasteiger partial charge in [-0.05, 0) is 24.6 Å². The maximum atomic E-state index is 12.7. The number of aryl methyl sites for hydroxylation is 1. The maximum Gasteiger partial charge on any atom is 0.352 e. The number of thioether (sulfide) groups is 2. The van der Waals surface area contributed by atoms with Crippen LogP contribution in [-0.4, -0.2) is 70.9 Å². The maximum absolute atomic E-state index is 12.7. The summed E-state index contributed by atoms with van der Waals surface area (Å²) in [5.41, 5.74) is 0.652. The third-order valence-corrected chi connectivity index (χ3v) is 9.56. The molecule has 2 amide bonds. The number of β-lactam (4-membered cyclic amide) rings is 1. The zero-order valence-electron chi connectivity index (χ0n) is 16.7. The first-order valence-corrected chi connectivity index (χ1v) is 13.6. The molecule has 2 N–H and O–H groups in total. The lowest BCUT2D eigenvalue weighted by Crippen LogP contribution is -2.70. The fraction of sp³-hybridized carbons (Fsp3) is 0.316. The second-order valence-electron chi connectivity index (χ2n) is 6.89. The second-order valence-corrected chi connectivity index (χ2v) is 11.9. The van der Waals surface area contributed by atoms with Gasteiger partial charge in [0.25, 0.3) is 5.91 Å². The molecule has 1 aromatic heterocycles. The van der Waals surface area contributed by atoms with Crippen molar-refractivity contribution < 1.29 is 23.7 Å². The molecule has 0 spiro atoms. The summed E-state index contributed by atoms with van der Waals surface area (Å²) < 4.78 is 12.5. The summed E-state index contributed by atoms with van der Waals surface area (Å²) in [6, 6.07) is 8.76. The number of carboxylic acids is 1. The van der Waals surface area contributed by atoms with Crippen LogP contribution in [0.25, 0.3) is 0 Å². The van der Waals surface area contributed by atoms with Gasteiger partial charge in [-0.15, -0.1) is 33.7 Å². The number of nitrogens with zero attached hydrogens (tertiary/aromatic N) is 3. The topological polar surface area (TPSA) is 130 Å². The number of hydrogen-bond donors (Lipinski definition) is 2. The van der Waals surface area contributed by atoms with E-state index in [4.69, 9.17) is 0 Å². The molecule has 168 valence electrons. The Morgan fingerprint density at radius 2 is 2.06 bits per heavy atom. The molecule has 0 aliphatic carbocycles. The largest absolute Gasteiger partial charge is 0.477 e. The lowest BCUT2D eigenvalue weighted by atomic mass is 10.0. The van der Waals surface area contributed by atoms with E-state index in [2.05, 4.69) is 15.5 Å². The molecule has 2 aliphatic rings. The van der Waals surface area contributed by atoms with Crippen molar-refractivity contribution in [2.45, 2.75) is 27.6 Å². The van der Waals surface area contributed by atoms with Crippen molar-refractivity contribution in [3.05, 3.63) is 46.6 Å². The van der Waals surface area contributed by atoms with E-state index in [1.54, 1.807) is 6.92 Å². The van der Waals surface area contributed by atoms with E-state index in [1.165, 1.54) is 28.4 Å². The highest BCUT2D eigenvalue weighted by Crippen LogP contribution is 2.41. The van der Waals surface area contributed by atoms with Crippen LogP contribution in [0.4, 0.5) is 0 Å². The number of rotatable bonds is 8. The van der Waals surface area contributed by atoms with Gasteiger partial charge in [0.1, 0.15) is 27.9 Å². The minimum atomic E-state index is -1.65. The first-order valence-electron chi connectivity index (χ1n) is 9.41. The van der Waals surface area contributed by atoms with Gasteiger partial charge in [-0.2, -0.15) is 0 Å². The smallest absolute Gasteiger partial charge is 0.352 e. The van der Waals surface area contributed by atoms with Gasteiger partial charge in [0.05, 0.1) is 10.8 Å². The van der Waals surface area contributed by atoms with Gasteiger partial charge in [0.2, 0.25) is 10.2 Å². The highest BCUT2D eigenvalue weighted by molar-refractivity contribution is 8.01. The Morgan fingerprint density at radius 1 is 1.31 bits per heavy atom. The second kappa shape index (κ2) is 9.73. The van der Waals surface area contributed by atoms with Crippen molar-refractivity contribution in [1.29, 1.82) is 0 Å². The van der Waals surface area contributed by atoms with E-state index in [0.717, 1.165) is 16.2 Å². The number of benzene rings is 1. The number of carbonyl (C=O) groups is 3. The van der Waals surface area contributed by atoms with Gasteiger partial charge in [-0.3, -0.25) is 18.7 Å². The lowest BCUT2D eigenvalue weighted by Gasteiger charge is -2.49. The summed E-state index contributed by atoms with van der Waals surface area (Å²) in [6.07, 6.45) is 0. The van der Waals surface area contributed by atoms with Crippen LogP contribution in [0.3, 0.4) is 0 Å². The lowest BCUT2D eigenvalue weighted by molar-refractivity contribution is -0.150. The highest BCUT2D eigenvalue weighted by Gasteiger charge is 2.54. The Hall–Kier alpha value is -2.22. The molecule has 1 aromatic carbocycles. The van der Waals surface area contributed by atoms with E-state index in [1.807, 2.05) is 30.3 Å². The zero-order chi connectivity index (χ0) is 22.8. The number of amides is 2. The fourth-order valence-electron chi connectivity index (χ4n) is 3.25. The molecule has 9 nitrogen and oxygen atoms in total. The molecule has 1 saturated heterocycles. The molecule has 0 bridgehead atoms. The molecule has 32 heavy (non-hydrogen) atoms. The highest BCUT2D eigenvalue weighted by atomic mass is 32.2. The van der Waals surface area contributed by atoms with Gasteiger partial charge in [-0.1, -0.05) is 29.5 Å². The van der Waals surface area contributed by atoms with Crippen LogP contribution < -0.4 is 5.32 Å². The SMILES string of the molecule is Cc1nnc(S(=O)CC(=O)NC2C(=O)N3C(C(=O)O)=C(CSc4ccccc4)CS[C@@H]23)s1. The predicted octanol–water partition coefficient (Wildman–Crippen LogP) is 1.49. The summed E-state index contributed by atoms with van der Waals surface area (Å²) in [7, 11) is -1.65. The molecule has 0 radical (unpaired) electrons. The van der Waals surface area contributed by atoms with Crippen LogP contribution in [0, 0.1) is 6.92 Å². The Balaban J connectivity index is 1.40. The summed E-state index contributed by atoms with van der Waals surface area (Å²) >= 11 is 4.06. The number of fused-ring (bicyclic) bond motifs is 1. The Labute approximate surface area is 198 Å². The Bertz CT molecular complexity index is 1120. The first-order chi connectivity index (χ1) is 15.3. The van der Waals surface area contributed by atoms with Gasteiger partial charge in [0, 0.05) is 16.4 Å². The predicted molar refractivity (Wildman–Crippen MR) is 123 cm³/mol. The quantitative estimate of drug-likeness (QED) is 0.401. The number of nitrogens with one attached hydrogen (secondary N) is 1. The first kappa shape index (κ1) is 23.0. The van der Waals surface area contributed by atoms with Crippen LogP contribution in [0.5, 0.6) is 0 Å². The zero-order valence-corrected chi connectivity index (χ0v) is 20.0. The normalized spacial score (nSPS) is 21.0. The Kier molecular flexibility index (Phi) is 6.98. The molecule has 2 aliphatic heterocycles. The number of carbonyl (C=O) groups excluding carboxylic acids is 2. The third-order valence-electron chi connectivity index (χ3n) is 4.69. The molecule has 13 heteroatoms. The molecule has 4 rings (SSSR count). The van der Waals surface area contributed by atoms with Crippen LogP contribution in [0.1, 0.15) is 5.01 Å². The number of carboxylic acid groups (broad SMARTS) is 1. The molecular formula is C19H18N4O5S4. The fourth-order valence-corrected chi connectivity index (χ4v) is 7.56. The van der Waals surface area contributed by atoms with Crippen molar-refractivity contribution in [3.8, 4) is 0 Å². The molecule has 3 atom stereocenters. The minimum absolute atomic E-state index is 0.0133. The average molecular weight is 511 g/mol. The van der Waals surface area contributed by atoms with Gasteiger partial charge in [0.15, 0.2) is 0 Å². The van der Waals surface area contributed by atoms with Crippen molar-refractivity contribution in [3.63, 3.8) is 0 Å². The van der Waals surface area contributed by atoms with Crippen molar-refractivity contribution >= 4 is 63.4 Å². The average Bonchev–Trinajstić information content (AvgIpc) is 3.22. The van der Waals surface area contributed by atoms with Crippen molar-refractivity contribution in [2.75, 3.05) is 17.3 Å². The third kappa shape index (κ3) is 4.75. The van der Waals surface area contributed by atoms with Crippen LogP contribution >= 0.6 is 34.9 Å². The van der Waals surface area contributed by atoms with Crippen LogP contribution in [0.15, 0.2) is 50.8 Å². The molecular weight excluding hydrogens is 493 g/mol. The van der Waals surface area contributed by atoms with E-state index < -0.39 is 40.0 Å². The van der Waals surface area contributed by atoms with E-state index in [0.29, 0.717) is 22.1 Å². The number of aliphatic carboxylic acids is 1. The van der Waals surface area contributed by atoms with Crippen molar-refractivity contribution in [2.24, 2.45) is 0 Å². The molecule has 0 saturated carbocycles. The van der Waals surface area contributed by atoms with Gasteiger partial charge < -0.3 is 10.4 Å². The molecule has 2 aromatic rings. The summed E-state index contributed by atoms with van der Waals surface area (Å²) in [5, 5.41) is 20.1. The van der Waals surface area contributed by atoms with Crippen LogP contribution in [-0.2, 0) is 25.2 Å². The summed E-state index contributed by atoms with van der Waals surface area (Å²) in [4.78, 5) is 39.2. The van der Waals surface area contributed by atoms with E-state index in [9.17, 15) is 23.7 Å². The summed E-state index contributed by atoms with van der Waals surface area (Å²) in [5.74, 6) is -1.64.